The van der Waals surface area contributed by atoms with Crippen LogP contribution in [0, 0.1) is 5.82 Å². The smallest absolute Gasteiger partial charge is 0.319 e. The van der Waals surface area contributed by atoms with Gasteiger partial charge in [0, 0.05) is 0 Å². The first kappa shape index (κ1) is 14.9. The molecule has 0 radical (unpaired) electrons. The van der Waals surface area contributed by atoms with Crippen LogP contribution in [0.3, 0.4) is 0 Å². The number of fused-ring (bicyclic) bond motifs is 2. The molecule has 1 fully saturated rings. The van der Waals surface area contributed by atoms with Gasteiger partial charge in [0.2, 0.25) is 0 Å². The van der Waals surface area contributed by atoms with Gasteiger partial charge in [0.05, 0.1) is 6.54 Å². The van der Waals surface area contributed by atoms with E-state index < -0.39 is 5.54 Å². The molecule has 24 heavy (non-hydrogen) atoms. The summed E-state index contributed by atoms with van der Waals surface area (Å²) in [6.45, 7) is 0.148. The summed E-state index contributed by atoms with van der Waals surface area (Å²) in [6.07, 6.45) is 2.38. The standard InChI is InChI=1S/C19H17FN2O2/c20-15-9-7-13(8-10-15)12-22-17(23)19(21-18(22)24)11-3-5-14-4-1-2-6-16(14)19/h1-2,4,6-10H,3,5,11-12H2,(H,21,24)/t19-/m1/s1. The van der Waals surface area contributed by atoms with Crippen molar-refractivity contribution in [2.75, 3.05) is 0 Å². The van der Waals surface area contributed by atoms with E-state index in [1.807, 2.05) is 24.3 Å². The zero-order valence-electron chi connectivity index (χ0n) is 13.1. The Morgan fingerprint density at radius 2 is 1.83 bits per heavy atom. The van der Waals surface area contributed by atoms with Gasteiger partial charge in [-0.1, -0.05) is 36.4 Å². The van der Waals surface area contributed by atoms with Crippen LogP contribution >= 0.6 is 0 Å². The van der Waals surface area contributed by atoms with Gasteiger partial charge in [-0.3, -0.25) is 9.69 Å². The van der Waals surface area contributed by atoms with Crippen molar-refractivity contribution in [3.8, 4) is 0 Å². The van der Waals surface area contributed by atoms with Crippen LogP contribution in [0.2, 0.25) is 0 Å². The summed E-state index contributed by atoms with van der Waals surface area (Å²) in [4.78, 5) is 26.8. The van der Waals surface area contributed by atoms with Crippen molar-refractivity contribution in [1.29, 1.82) is 0 Å². The summed E-state index contributed by atoms with van der Waals surface area (Å²) in [6, 6.07) is 13.3. The normalized spacial score (nSPS) is 22.6. The summed E-state index contributed by atoms with van der Waals surface area (Å²) in [5, 5.41) is 2.92. The van der Waals surface area contributed by atoms with Gasteiger partial charge in [-0.15, -0.1) is 0 Å². The van der Waals surface area contributed by atoms with Crippen LogP contribution in [0.15, 0.2) is 48.5 Å². The van der Waals surface area contributed by atoms with E-state index in [1.54, 1.807) is 12.1 Å². The predicted octanol–water partition coefficient (Wildman–Crippen LogP) is 3.11. The lowest BCUT2D eigenvalue weighted by Crippen LogP contribution is -2.46. The average Bonchev–Trinajstić information content (AvgIpc) is 2.82. The first-order valence-electron chi connectivity index (χ1n) is 8.07. The SMILES string of the molecule is O=C1N[C@@]2(CCCc3ccccc32)C(=O)N1Cc1ccc(F)cc1. The monoisotopic (exact) mass is 324 g/mol. The van der Waals surface area contributed by atoms with Gasteiger partial charge in [-0.2, -0.15) is 0 Å². The number of aryl methyl sites for hydroxylation is 1. The summed E-state index contributed by atoms with van der Waals surface area (Å²) in [7, 11) is 0. The van der Waals surface area contributed by atoms with Crippen LogP contribution in [-0.2, 0) is 23.3 Å². The van der Waals surface area contributed by atoms with E-state index in [-0.39, 0.29) is 24.3 Å². The molecule has 3 amide bonds. The van der Waals surface area contributed by atoms with Crippen LogP contribution in [-0.4, -0.2) is 16.8 Å². The predicted molar refractivity (Wildman–Crippen MR) is 86.5 cm³/mol. The minimum atomic E-state index is -0.952. The molecule has 1 N–H and O–H groups in total. The molecule has 1 atom stereocenters. The summed E-state index contributed by atoms with van der Waals surface area (Å²) in [5.74, 6) is -0.558. The van der Waals surface area contributed by atoms with Crippen molar-refractivity contribution in [3.05, 3.63) is 71.0 Å². The zero-order chi connectivity index (χ0) is 16.7. The number of amides is 3. The number of carbonyl (C=O) groups is 2. The molecular weight excluding hydrogens is 307 g/mol. The molecule has 0 aromatic heterocycles. The zero-order valence-corrected chi connectivity index (χ0v) is 13.1. The second-order valence-electron chi connectivity index (χ2n) is 6.36. The Hall–Kier alpha value is -2.69. The number of imide groups is 1. The lowest BCUT2D eigenvalue weighted by molar-refractivity contribution is -0.132. The maximum Gasteiger partial charge on any atom is 0.325 e. The topological polar surface area (TPSA) is 49.4 Å². The van der Waals surface area contributed by atoms with Crippen molar-refractivity contribution in [2.24, 2.45) is 0 Å². The summed E-state index contributed by atoms with van der Waals surface area (Å²) in [5.41, 5.74) is 1.78. The van der Waals surface area contributed by atoms with Gasteiger partial charge in [-0.25, -0.2) is 9.18 Å². The molecule has 0 bridgehead atoms. The van der Waals surface area contributed by atoms with Crippen LogP contribution in [0.4, 0.5) is 9.18 Å². The summed E-state index contributed by atoms with van der Waals surface area (Å²) >= 11 is 0. The van der Waals surface area contributed by atoms with Gasteiger partial charge in [0.25, 0.3) is 5.91 Å². The highest BCUT2D eigenvalue weighted by atomic mass is 19.1. The van der Waals surface area contributed by atoms with Crippen molar-refractivity contribution in [3.63, 3.8) is 0 Å². The van der Waals surface area contributed by atoms with E-state index in [1.165, 1.54) is 17.0 Å². The minimum Gasteiger partial charge on any atom is -0.319 e. The Morgan fingerprint density at radius 1 is 1.08 bits per heavy atom. The molecule has 1 heterocycles. The molecule has 0 unspecified atom stereocenters. The molecule has 1 aliphatic carbocycles. The highest BCUT2D eigenvalue weighted by molar-refractivity contribution is 6.07. The lowest BCUT2D eigenvalue weighted by Gasteiger charge is -2.33. The fourth-order valence-electron chi connectivity index (χ4n) is 3.73. The number of benzene rings is 2. The van der Waals surface area contributed by atoms with Crippen LogP contribution in [0.5, 0.6) is 0 Å². The lowest BCUT2D eigenvalue weighted by atomic mass is 9.76. The Kier molecular flexibility index (Phi) is 3.37. The molecule has 1 saturated heterocycles. The molecule has 122 valence electrons. The van der Waals surface area contributed by atoms with Crippen molar-refractivity contribution in [2.45, 2.75) is 31.3 Å². The third-order valence-corrected chi connectivity index (χ3v) is 4.90. The molecule has 4 nitrogen and oxygen atoms in total. The maximum absolute atomic E-state index is 13.1. The maximum atomic E-state index is 13.1. The fourth-order valence-corrected chi connectivity index (χ4v) is 3.73. The molecule has 0 saturated carbocycles. The van der Waals surface area contributed by atoms with Gasteiger partial charge < -0.3 is 5.32 Å². The molecule has 2 aromatic carbocycles. The fraction of sp³-hybridized carbons (Fsp3) is 0.263. The number of halogens is 1. The number of hydrogen-bond acceptors (Lipinski definition) is 2. The highest BCUT2D eigenvalue weighted by Crippen LogP contribution is 2.40. The highest BCUT2D eigenvalue weighted by Gasteiger charge is 2.53. The van der Waals surface area contributed by atoms with E-state index in [0.29, 0.717) is 6.42 Å². The van der Waals surface area contributed by atoms with E-state index in [4.69, 9.17) is 0 Å². The van der Waals surface area contributed by atoms with Gasteiger partial charge in [-0.05, 0) is 48.1 Å². The van der Waals surface area contributed by atoms with Crippen molar-refractivity contribution in [1.82, 2.24) is 10.2 Å². The Labute approximate surface area is 139 Å². The van der Waals surface area contributed by atoms with Gasteiger partial charge >= 0.3 is 6.03 Å². The first-order chi connectivity index (χ1) is 11.6. The molecule has 5 heteroatoms. The number of rotatable bonds is 2. The molecule has 4 rings (SSSR count). The Balaban J connectivity index is 1.68. The van der Waals surface area contributed by atoms with Gasteiger partial charge in [0.1, 0.15) is 11.4 Å². The number of urea groups is 1. The van der Waals surface area contributed by atoms with Crippen molar-refractivity contribution < 1.29 is 14.0 Å². The Bertz CT molecular complexity index is 818. The van der Waals surface area contributed by atoms with Crippen LogP contribution in [0.25, 0.3) is 0 Å². The van der Waals surface area contributed by atoms with Crippen LogP contribution < -0.4 is 5.32 Å². The second-order valence-corrected chi connectivity index (χ2v) is 6.36. The molecule has 2 aromatic rings. The van der Waals surface area contributed by atoms with Crippen molar-refractivity contribution >= 4 is 11.9 Å². The third kappa shape index (κ3) is 2.19. The van der Waals surface area contributed by atoms with E-state index in [0.717, 1.165) is 29.5 Å². The van der Waals surface area contributed by atoms with Crippen LogP contribution in [0.1, 0.15) is 29.5 Å². The number of nitrogens with zero attached hydrogens (tertiary/aromatic N) is 1. The molecule has 1 spiro atoms. The second kappa shape index (κ2) is 5.44. The number of hydrogen-bond donors (Lipinski definition) is 1. The largest absolute Gasteiger partial charge is 0.325 e. The van der Waals surface area contributed by atoms with E-state index in [2.05, 4.69) is 5.32 Å². The first-order valence-corrected chi connectivity index (χ1v) is 8.07. The Morgan fingerprint density at radius 3 is 2.62 bits per heavy atom. The minimum absolute atomic E-state index is 0.148. The molecule has 1 aliphatic heterocycles. The third-order valence-electron chi connectivity index (χ3n) is 4.90. The van der Waals surface area contributed by atoms with Gasteiger partial charge in [0.15, 0.2) is 0 Å². The summed E-state index contributed by atoms with van der Waals surface area (Å²) < 4.78 is 13.0. The quantitative estimate of drug-likeness (QED) is 0.863. The number of carbonyl (C=O) groups excluding carboxylic acids is 2. The van der Waals surface area contributed by atoms with E-state index >= 15 is 0 Å². The average molecular weight is 324 g/mol. The van der Waals surface area contributed by atoms with E-state index in [9.17, 15) is 14.0 Å². The molecule has 2 aliphatic rings. The molecular formula is C19H17FN2O2. The number of nitrogens with one attached hydrogen (secondary N) is 1.